The molecule has 0 aliphatic carbocycles. The van der Waals surface area contributed by atoms with Gasteiger partial charge in [0.05, 0.1) is 11.2 Å². The highest BCUT2D eigenvalue weighted by Crippen LogP contribution is 2.23. The number of nitrogens with zero attached hydrogens (tertiary/aromatic N) is 2. The molecule has 0 saturated carbocycles. The van der Waals surface area contributed by atoms with Crippen molar-refractivity contribution in [2.45, 2.75) is 25.8 Å². The standard InChI is InChI=1S/C10H13ClN2OS/c1-7-12-6-9(15-7)10(14)13-4-2-3-8(13)5-11/h6,8H,2-5H2,1H3. The van der Waals surface area contributed by atoms with Crippen molar-refractivity contribution in [3.05, 3.63) is 16.1 Å². The molecule has 1 aromatic rings. The molecule has 2 heterocycles. The van der Waals surface area contributed by atoms with Gasteiger partial charge in [0.25, 0.3) is 5.91 Å². The molecule has 1 amide bonds. The summed E-state index contributed by atoms with van der Waals surface area (Å²) in [5, 5.41) is 0.931. The predicted octanol–water partition coefficient (Wildman–Crippen LogP) is 2.29. The zero-order valence-electron chi connectivity index (χ0n) is 8.57. The minimum absolute atomic E-state index is 0.0868. The molecular formula is C10H13ClN2OS. The molecular weight excluding hydrogens is 232 g/mol. The first-order chi connectivity index (χ1) is 7.22. The van der Waals surface area contributed by atoms with Crippen molar-refractivity contribution >= 4 is 28.8 Å². The van der Waals surface area contributed by atoms with Crippen LogP contribution in [0.2, 0.25) is 0 Å². The molecule has 0 radical (unpaired) electrons. The third-order valence-corrected chi connectivity index (χ3v) is 3.91. The fraction of sp³-hybridized carbons (Fsp3) is 0.600. The molecule has 1 atom stereocenters. The smallest absolute Gasteiger partial charge is 0.265 e. The minimum atomic E-state index is 0.0868. The number of alkyl halides is 1. The molecule has 0 N–H and O–H groups in total. The molecule has 82 valence electrons. The van der Waals surface area contributed by atoms with E-state index in [0.717, 1.165) is 29.3 Å². The predicted molar refractivity (Wildman–Crippen MR) is 61.6 cm³/mol. The van der Waals surface area contributed by atoms with Gasteiger partial charge < -0.3 is 4.90 Å². The first-order valence-electron chi connectivity index (χ1n) is 5.01. The van der Waals surface area contributed by atoms with Gasteiger partial charge in [-0.2, -0.15) is 0 Å². The van der Waals surface area contributed by atoms with Crippen LogP contribution in [0.25, 0.3) is 0 Å². The molecule has 0 aromatic carbocycles. The second-order valence-electron chi connectivity index (χ2n) is 3.69. The third-order valence-electron chi connectivity index (χ3n) is 2.65. The van der Waals surface area contributed by atoms with E-state index >= 15 is 0 Å². The summed E-state index contributed by atoms with van der Waals surface area (Å²) in [6, 6.07) is 0.210. The molecule has 3 nitrogen and oxygen atoms in total. The number of carbonyl (C=O) groups is 1. The lowest BCUT2D eigenvalue weighted by Gasteiger charge is -2.21. The lowest BCUT2D eigenvalue weighted by molar-refractivity contribution is 0.0754. The van der Waals surface area contributed by atoms with E-state index in [9.17, 15) is 4.79 Å². The highest BCUT2D eigenvalue weighted by atomic mass is 35.5. The van der Waals surface area contributed by atoms with Gasteiger partial charge in [-0.1, -0.05) is 0 Å². The fourth-order valence-corrected chi connectivity index (χ4v) is 2.92. The Balaban J connectivity index is 2.13. The maximum absolute atomic E-state index is 12.1. The number of rotatable bonds is 2. The van der Waals surface area contributed by atoms with Crippen LogP contribution in [0.15, 0.2) is 6.20 Å². The SMILES string of the molecule is Cc1ncc(C(=O)N2CCCC2CCl)s1. The quantitative estimate of drug-likeness (QED) is 0.748. The molecule has 1 saturated heterocycles. The molecule has 5 heteroatoms. The van der Waals surface area contributed by atoms with E-state index in [1.165, 1.54) is 11.3 Å². The normalized spacial score (nSPS) is 20.9. The van der Waals surface area contributed by atoms with Crippen LogP contribution in [0, 0.1) is 6.92 Å². The second kappa shape index (κ2) is 4.49. The zero-order valence-corrected chi connectivity index (χ0v) is 10.1. The molecule has 1 aliphatic heterocycles. The number of hydrogen-bond acceptors (Lipinski definition) is 3. The van der Waals surface area contributed by atoms with E-state index in [1.54, 1.807) is 6.20 Å². The third kappa shape index (κ3) is 2.16. The van der Waals surface area contributed by atoms with E-state index in [1.807, 2.05) is 11.8 Å². The second-order valence-corrected chi connectivity index (χ2v) is 5.24. The first kappa shape index (κ1) is 10.9. The number of halogens is 1. The minimum Gasteiger partial charge on any atom is -0.334 e. The first-order valence-corrected chi connectivity index (χ1v) is 6.37. The molecule has 1 aromatic heterocycles. The highest BCUT2D eigenvalue weighted by Gasteiger charge is 2.29. The summed E-state index contributed by atoms with van der Waals surface area (Å²) in [4.78, 5) is 18.8. The summed E-state index contributed by atoms with van der Waals surface area (Å²) < 4.78 is 0. The van der Waals surface area contributed by atoms with E-state index in [0.29, 0.717) is 5.88 Å². The van der Waals surface area contributed by atoms with Gasteiger partial charge in [0, 0.05) is 18.5 Å². The Kier molecular flexibility index (Phi) is 3.26. The summed E-state index contributed by atoms with van der Waals surface area (Å²) in [6.45, 7) is 2.73. The highest BCUT2D eigenvalue weighted by molar-refractivity contribution is 7.13. The number of aryl methyl sites for hydroxylation is 1. The number of carbonyl (C=O) groups excluding carboxylic acids is 1. The van der Waals surface area contributed by atoms with E-state index in [4.69, 9.17) is 11.6 Å². The monoisotopic (exact) mass is 244 g/mol. The van der Waals surface area contributed by atoms with E-state index in [-0.39, 0.29) is 11.9 Å². The van der Waals surface area contributed by atoms with Crippen molar-refractivity contribution in [1.82, 2.24) is 9.88 Å². The lowest BCUT2D eigenvalue weighted by Crippen LogP contribution is -2.36. The van der Waals surface area contributed by atoms with Crippen LogP contribution >= 0.6 is 22.9 Å². The van der Waals surface area contributed by atoms with Crippen molar-refractivity contribution < 1.29 is 4.79 Å². The van der Waals surface area contributed by atoms with Gasteiger partial charge in [-0.3, -0.25) is 4.79 Å². The van der Waals surface area contributed by atoms with Crippen LogP contribution in [0.1, 0.15) is 27.5 Å². The molecule has 0 spiro atoms. The summed E-state index contributed by atoms with van der Waals surface area (Å²) >= 11 is 7.28. The lowest BCUT2D eigenvalue weighted by atomic mass is 10.2. The molecule has 1 unspecified atom stereocenters. The maximum atomic E-state index is 12.1. The average molecular weight is 245 g/mol. The van der Waals surface area contributed by atoms with Crippen LogP contribution in [0.5, 0.6) is 0 Å². The van der Waals surface area contributed by atoms with E-state index < -0.39 is 0 Å². The van der Waals surface area contributed by atoms with Crippen molar-refractivity contribution in [3.8, 4) is 0 Å². The number of thiazole rings is 1. The van der Waals surface area contributed by atoms with Gasteiger partial charge >= 0.3 is 0 Å². The fourth-order valence-electron chi connectivity index (χ4n) is 1.87. The number of hydrogen-bond donors (Lipinski definition) is 0. The maximum Gasteiger partial charge on any atom is 0.265 e. The number of amides is 1. The van der Waals surface area contributed by atoms with Crippen molar-refractivity contribution in [2.24, 2.45) is 0 Å². The summed E-state index contributed by atoms with van der Waals surface area (Å²) in [5.41, 5.74) is 0. The van der Waals surface area contributed by atoms with Gasteiger partial charge in [-0.05, 0) is 19.8 Å². The Morgan fingerprint density at radius 2 is 2.60 bits per heavy atom. The molecule has 1 aliphatic rings. The van der Waals surface area contributed by atoms with Crippen LogP contribution in [0.4, 0.5) is 0 Å². The Labute approximate surface area is 98.1 Å². The van der Waals surface area contributed by atoms with Gasteiger partial charge in [0.1, 0.15) is 4.88 Å². The van der Waals surface area contributed by atoms with Gasteiger partial charge in [0.15, 0.2) is 0 Å². The largest absolute Gasteiger partial charge is 0.334 e. The topological polar surface area (TPSA) is 33.2 Å². The molecule has 0 bridgehead atoms. The molecule has 2 rings (SSSR count). The zero-order chi connectivity index (χ0) is 10.8. The van der Waals surface area contributed by atoms with Crippen LogP contribution in [0.3, 0.4) is 0 Å². The Bertz CT molecular complexity index is 366. The summed E-state index contributed by atoms with van der Waals surface area (Å²) in [7, 11) is 0. The van der Waals surface area contributed by atoms with Crippen molar-refractivity contribution in [1.29, 1.82) is 0 Å². The van der Waals surface area contributed by atoms with Crippen LogP contribution < -0.4 is 0 Å². The summed E-state index contributed by atoms with van der Waals surface area (Å²) in [5.74, 6) is 0.618. The van der Waals surface area contributed by atoms with Crippen LogP contribution in [-0.2, 0) is 0 Å². The number of likely N-dealkylation sites (tertiary alicyclic amines) is 1. The Hall–Kier alpha value is -0.610. The van der Waals surface area contributed by atoms with Crippen molar-refractivity contribution in [2.75, 3.05) is 12.4 Å². The molecule has 1 fully saturated rings. The van der Waals surface area contributed by atoms with Gasteiger partial charge in [-0.15, -0.1) is 22.9 Å². The van der Waals surface area contributed by atoms with Crippen LogP contribution in [-0.4, -0.2) is 34.3 Å². The van der Waals surface area contributed by atoms with E-state index in [2.05, 4.69) is 4.98 Å². The van der Waals surface area contributed by atoms with Gasteiger partial charge in [-0.25, -0.2) is 4.98 Å². The van der Waals surface area contributed by atoms with Crippen molar-refractivity contribution in [3.63, 3.8) is 0 Å². The Morgan fingerprint density at radius 1 is 1.80 bits per heavy atom. The van der Waals surface area contributed by atoms with Gasteiger partial charge in [0.2, 0.25) is 0 Å². The average Bonchev–Trinajstić information content (AvgIpc) is 2.84. The Morgan fingerprint density at radius 3 is 3.20 bits per heavy atom. The molecule has 15 heavy (non-hydrogen) atoms. The summed E-state index contributed by atoms with van der Waals surface area (Å²) in [6.07, 6.45) is 3.74. The number of aromatic nitrogens is 1.